The van der Waals surface area contributed by atoms with Crippen LogP contribution in [0.2, 0.25) is 0 Å². The second-order valence-electron chi connectivity index (χ2n) is 9.02. The first-order chi connectivity index (χ1) is 14.5. The number of nitrogens with one attached hydrogen (secondary N) is 1. The molecular formula is C23H27N5O2. The molecular weight excluding hydrogens is 378 g/mol. The Hall–Kier alpha value is -2.96. The number of aryl methyl sites for hydroxylation is 1. The average molecular weight is 406 g/mol. The highest BCUT2D eigenvalue weighted by Gasteiger charge is 2.52. The first-order valence-corrected chi connectivity index (χ1v) is 10.7. The third-order valence-electron chi connectivity index (χ3n) is 6.68. The number of benzene rings is 1. The monoisotopic (exact) mass is 405 g/mol. The van der Waals surface area contributed by atoms with E-state index in [0.29, 0.717) is 32.6 Å². The number of piperidine rings is 1. The van der Waals surface area contributed by atoms with Gasteiger partial charge in [-0.3, -0.25) is 9.59 Å². The van der Waals surface area contributed by atoms with Crippen molar-refractivity contribution >= 4 is 17.6 Å². The Kier molecular flexibility index (Phi) is 4.68. The van der Waals surface area contributed by atoms with Crippen LogP contribution in [0.15, 0.2) is 42.5 Å². The Bertz CT molecular complexity index is 940. The van der Waals surface area contributed by atoms with Gasteiger partial charge in [0.05, 0.1) is 17.0 Å². The molecule has 156 valence electrons. The molecule has 4 saturated heterocycles. The summed E-state index contributed by atoms with van der Waals surface area (Å²) in [5.41, 5.74) is 1.54. The molecule has 2 bridgehead atoms. The maximum atomic E-state index is 13.8. The SMILES string of the molecule is Cc1ccc(N2CC(Cc3ccccc3)(C(=O)N3C[C@@H]4CC[C@H](C3)C(=O)N4)C2)nn1. The van der Waals surface area contributed by atoms with Crippen LogP contribution in [0.25, 0.3) is 0 Å². The van der Waals surface area contributed by atoms with Crippen LogP contribution in [0.1, 0.15) is 24.1 Å². The summed E-state index contributed by atoms with van der Waals surface area (Å²) in [7, 11) is 0. The molecule has 0 saturated carbocycles. The molecule has 2 atom stereocenters. The normalized spacial score (nSPS) is 24.8. The van der Waals surface area contributed by atoms with E-state index < -0.39 is 5.41 Å². The minimum atomic E-state index is -0.499. The molecule has 0 unspecified atom stereocenters. The zero-order chi connectivity index (χ0) is 20.7. The van der Waals surface area contributed by atoms with Crippen molar-refractivity contribution in [1.82, 2.24) is 20.4 Å². The lowest BCUT2D eigenvalue weighted by molar-refractivity contribution is -0.144. The summed E-state index contributed by atoms with van der Waals surface area (Å²) in [5.74, 6) is 0.991. The molecule has 2 aromatic rings. The Morgan fingerprint density at radius 2 is 1.90 bits per heavy atom. The van der Waals surface area contributed by atoms with Crippen LogP contribution in [0, 0.1) is 18.3 Å². The molecule has 30 heavy (non-hydrogen) atoms. The number of carbonyl (C=O) groups excluding carboxylic acids is 2. The smallest absolute Gasteiger partial charge is 0.232 e. The van der Waals surface area contributed by atoms with Gasteiger partial charge in [0.15, 0.2) is 5.82 Å². The minimum Gasteiger partial charge on any atom is -0.353 e. The Morgan fingerprint density at radius 3 is 2.60 bits per heavy atom. The molecule has 7 nitrogen and oxygen atoms in total. The van der Waals surface area contributed by atoms with Gasteiger partial charge in [-0.15, -0.1) is 5.10 Å². The number of hydrogen-bond donors (Lipinski definition) is 1. The summed E-state index contributed by atoms with van der Waals surface area (Å²) in [6.45, 7) is 4.29. The van der Waals surface area contributed by atoms with Crippen LogP contribution in [0.5, 0.6) is 0 Å². The molecule has 0 radical (unpaired) electrons. The topological polar surface area (TPSA) is 78.4 Å². The fraction of sp³-hybridized carbons (Fsp3) is 0.478. The molecule has 1 N–H and O–H groups in total. The lowest BCUT2D eigenvalue weighted by atomic mass is 9.73. The number of carbonyl (C=O) groups is 2. The van der Waals surface area contributed by atoms with Gasteiger partial charge in [-0.2, -0.15) is 5.10 Å². The molecule has 1 aromatic carbocycles. The summed E-state index contributed by atoms with van der Waals surface area (Å²) in [5, 5.41) is 11.5. The predicted molar refractivity (Wildman–Crippen MR) is 113 cm³/mol. The van der Waals surface area contributed by atoms with Crippen LogP contribution < -0.4 is 10.2 Å². The maximum absolute atomic E-state index is 13.8. The van der Waals surface area contributed by atoms with Crippen LogP contribution in [-0.2, 0) is 16.0 Å². The first-order valence-electron chi connectivity index (χ1n) is 10.7. The van der Waals surface area contributed by atoms with Crippen LogP contribution >= 0.6 is 0 Å². The van der Waals surface area contributed by atoms with Gasteiger partial charge < -0.3 is 15.1 Å². The van der Waals surface area contributed by atoms with Crippen molar-refractivity contribution in [3.8, 4) is 0 Å². The van der Waals surface area contributed by atoms with E-state index in [4.69, 9.17) is 0 Å². The van der Waals surface area contributed by atoms with Crippen LogP contribution in [0.4, 0.5) is 5.82 Å². The molecule has 0 aliphatic carbocycles. The van der Waals surface area contributed by atoms with Crippen molar-refractivity contribution in [2.24, 2.45) is 11.3 Å². The highest BCUT2D eigenvalue weighted by molar-refractivity contribution is 5.88. The van der Waals surface area contributed by atoms with E-state index in [1.165, 1.54) is 0 Å². The van der Waals surface area contributed by atoms with E-state index in [0.717, 1.165) is 29.9 Å². The highest BCUT2D eigenvalue weighted by atomic mass is 16.2. The largest absolute Gasteiger partial charge is 0.353 e. The average Bonchev–Trinajstić information content (AvgIpc) is 3.03. The van der Waals surface area contributed by atoms with E-state index in [-0.39, 0.29) is 23.8 Å². The van der Waals surface area contributed by atoms with E-state index in [1.54, 1.807) is 0 Å². The highest BCUT2D eigenvalue weighted by Crippen LogP contribution is 2.39. The molecule has 4 fully saturated rings. The first kappa shape index (κ1) is 19.0. The molecule has 1 aromatic heterocycles. The predicted octanol–water partition coefficient (Wildman–Crippen LogP) is 1.57. The number of anilines is 1. The van der Waals surface area contributed by atoms with Crippen molar-refractivity contribution in [3.63, 3.8) is 0 Å². The van der Waals surface area contributed by atoms with Gasteiger partial charge in [0.25, 0.3) is 0 Å². The van der Waals surface area contributed by atoms with Gasteiger partial charge in [-0.05, 0) is 43.9 Å². The van der Waals surface area contributed by atoms with Crippen molar-refractivity contribution in [2.75, 3.05) is 31.1 Å². The summed E-state index contributed by atoms with van der Waals surface area (Å²) < 4.78 is 0. The zero-order valence-corrected chi connectivity index (χ0v) is 17.3. The molecule has 2 amide bonds. The number of rotatable bonds is 4. The number of nitrogens with zero attached hydrogens (tertiary/aromatic N) is 4. The zero-order valence-electron chi connectivity index (χ0n) is 17.3. The Balaban J connectivity index is 1.40. The van der Waals surface area contributed by atoms with Gasteiger partial charge in [-0.25, -0.2) is 0 Å². The number of fused-ring (bicyclic) bond motifs is 4. The van der Waals surface area contributed by atoms with E-state index in [1.807, 2.05) is 42.2 Å². The second kappa shape index (κ2) is 7.38. The van der Waals surface area contributed by atoms with E-state index in [9.17, 15) is 9.59 Å². The van der Waals surface area contributed by atoms with Gasteiger partial charge in [0.1, 0.15) is 0 Å². The number of amides is 2. The third-order valence-corrected chi connectivity index (χ3v) is 6.68. The fourth-order valence-corrected chi connectivity index (χ4v) is 5.06. The molecule has 4 aliphatic rings. The quantitative estimate of drug-likeness (QED) is 0.836. The van der Waals surface area contributed by atoms with Gasteiger partial charge in [0.2, 0.25) is 11.8 Å². The third kappa shape index (κ3) is 3.42. The van der Waals surface area contributed by atoms with Crippen molar-refractivity contribution in [2.45, 2.75) is 32.2 Å². The van der Waals surface area contributed by atoms with Gasteiger partial charge in [0, 0.05) is 32.2 Å². The molecule has 4 aliphatic heterocycles. The summed E-state index contributed by atoms with van der Waals surface area (Å²) in [4.78, 5) is 30.2. The second-order valence-corrected chi connectivity index (χ2v) is 9.02. The Labute approximate surface area is 176 Å². The van der Waals surface area contributed by atoms with Crippen molar-refractivity contribution in [3.05, 3.63) is 53.7 Å². The molecule has 6 rings (SSSR count). The van der Waals surface area contributed by atoms with Gasteiger partial charge in [-0.1, -0.05) is 30.3 Å². The number of hydrogen-bond acceptors (Lipinski definition) is 5. The lowest BCUT2D eigenvalue weighted by Crippen LogP contribution is -2.65. The maximum Gasteiger partial charge on any atom is 0.232 e. The van der Waals surface area contributed by atoms with E-state index in [2.05, 4.69) is 32.5 Å². The summed E-state index contributed by atoms with van der Waals surface area (Å²) in [6.07, 6.45) is 2.52. The standard InChI is InChI=1S/C23H27N5O2/c1-16-7-10-20(26-25-16)28-14-23(15-28,11-17-5-3-2-4-6-17)22(30)27-12-18-8-9-19(13-27)24-21(18)29/h2-7,10,18-19H,8-9,11-15H2,1H3,(H,24,29)/t18-,19+/m1/s1. The fourth-order valence-electron chi connectivity index (χ4n) is 5.06. The molecule has 5 heterocycles. The summed E-state index contributed by atoms with van der Waals surface area (Å²) >= 11 is 0. The summed E-state index contributed by atoms with van der Waals surface area (Å²) in [6, 6.07) is 14.2. The van der Waals surface area contributed by atoms with Crippen molar-refractivity contribution in [1.29, 1.82) is 0 Å². The van der Waals surface area contributed by atoms with Crippen molar-refractivity contribution < 1.29 is 9.59 Å². The van der Waals surface area contributed by atoms with Crippen LogP contribution in [0.3, 0.4) is 0 Å². The minimum absolute atomic E-state index is 0.0770. The van der Waals surface area contributed by atoms with Gasteiger partial charge >= 0.3 is 0 Å². The number of aromatic nitrogens is 2. The van der Waals surface area contributed by atoms with E-state index >= 15 is 0 Å². The molecule has 7 heteroatoms. The lowest BCUT2D eigenvalue weighted by Gasteiger charge is -2.51. The van der Waals surface area contributed by atoms with Crippen LogP contribution in [-0.4, -0.2) is 59.1 Å². The Morgan fingerprint density at radius 1 is 1.10 bits per heavy atom. The molecule has 0 spiro atoms.